The zero-order chi connectivity index (χ0) is 23.3. The van der Waals surface area contributed by atoms with Crippen LogP contribution in [0.15, 0.2) is 12.2 Å². The third-order valence-corrected chi connectivity index (χ3v) is 5.12. The molecule has 0 aliphatic rings. The molecule has 1 N–H and O–H groups in total. The van der Waals surface area contributed by atoms with E-state index in [4.69, 9.17) is 9.47 Å². The van der Waals surface area contributed by atoms with Gasteiger partial charge in [-0.05, 0) is 18.9 Å². The van der Waals surface area contributed by atoms with Crippen molar-refractivity contribution in [3.05, 3.63) is 12.2 Å². The van der Waals surface area contributed by atoms with E-state index in [1.165, 1.54) is 85.0 Å². The molecule has 0 radical (unpaired) electrons. The van der Waals surface area contributed by atoms with E-state index in [0.717, 1.165) is 12.8 Å². The molecule has 1 amide bonds. The number of hydrogen-bond donors (Lipinski definition) is 1. The molecule has 0 aromatic carbocycles. The van der Waals surface area contributed by atoms with E-state index >= 15 is 0 Å². The van der Waals surface area contributed by atoms with Crippen LogP contribution in [0.3, 0.4) is 0 Å². The van der Waals surface area contributed by atoms with Crippen LogP contribution in [0, 0.1) is 0 Å². The first-order valence-electron chi connectivity index (χ1n) is 12.1. The van der Waals surface area contributed by atoms with Crippen molar-refractivity contribution in [2.45, 2.75) is 123 Å². The van der Waals surface area contributed by atoms with Gasteiger partial charge in [-0.2, -0.15) is 0 Å². The Morgan fingerprint density at radius 2 is 1.35 bits per heavy atom. The Hall–Kier alpha value is -1.85. The van der Waals surface area contributed by atoms with Gasteiger partial charge < -0.3 is 14.8 Å². The molecule has 0 aliphatic heterocycles. The van der Waals surface area contributed by atoms with E-state index in [9.17, 15) is 14.4 Å². The number of carbonyl (C=O) groups is 3. The van der Waals surface area contributed by atoms with Crippen LogP contribution in [-0.2, 0) is 23.9 Å². The Kier molecular flexibility index (Phi) is 18.9. The predicted octanol–water partition coefficient (Wildman–Crippen LogP) is 5.63. The van der Waals surface area contributed by atoms with Gasteiger partial charge in [-0.25, -0.2) is 0 Å². The first kappa shape index (κ1) is 29.1. The zero-order valence-corrected chi connectivity index (χ0v) is 20.3. The fourth-order valence-corrected chi connectivity index (χ4v) is 3.51. The van der Waals surface area contributed by atoms with Crippen molar-refractivity contribution >= 4 is 17.8 Å². The third kappa shape index (κ3) is 19.8. The highest BCUT2D eigenvalue weighted by atomic mass is 16.5. The largest absolute Gasteiger partial charge is 0.466 e. The molecule has 6 heteroatoms. The minimum atomic E-state index is -0.579. The molecular formula is C25H45NO5. The highest BCUT2D eigenvalue weighted by Gasteiger charge is 2.23. The normalized spacial score (nSPS) is 13.0. The Bertz CT molecular complexity index is 518. The number of amides is 1. The summed E-state index contributed by atoms with van der Waals surface area (Å²) < 4.78 is 10.4. The van der Waals surface area contributed by atoms with Crippen LogP contribution in [0.1, 0.15) is 111 Å². The lowest BCUT2D eigenvalue weighted by Gasteiger charge is -2.25. The third-order valence-electron chi connectivity index (χ3n) is 5.12. The van der Waals surface area contributed by atoms with Gasteiger partial charge in [-0.3, -0.25) is 14.4 Å². The summed E-state index contributed by atoms with van der Waals surface area (Å²) in [5, 5.41) is 2.80. The van der Waals surface area contributed by atoms with Crippen molar-refractivity contribution < 1.29 is 23.9 Å². The van der Waals surface area contributed by atoms with E-state index in [1.54, 1.807) is 0 Å². The van der Waals surface area contributed by atoms with Crippen LogP contribution in [0.25, 0.3) is 0 Å². The highest BCUT2D eigenvalue weighted by Crippen LogP contribution is 2.13. The van der Waals surface area contributed by atoms with Crippen molar-refractivity contribution in [3.8, 4) is 0 Å². The molecule has 0 saturated heterocycles. The van der Waals surface area contributed by atoms with Crippen molar-refractivity contribution in [2.24, 2.45) is 0 Å². The highest BCUT2D eigenvalue weighted by molar-refractivity contribution is 5.73. The second kappa shape index (κ2) is 20.1. The molecule has 0 spiro atoms. The lowest BCUT2D eigenvalue weighted by molar-refractivity contribution is -0.147. The van der Waals surface area contributed by atoms with E-state index in [1.807, 2.05) is 12.2 Å². The summed E-state index contributed by atoms with van der Waals surface area (Å²) in [6, 6.07) is -0.436. The molecule has 0 fully saturated rings. The first-order valence-corrected chi connectivity index (χ1v) is 12.1. The Balaban J connectivity index is 4.23. The Morgan fingerprint density at radius 3 is 1.84 bits per heavy atom. The van der Waals surface area contributed by atoms with Crippen molar-refractivity contribution in [3.63, 3.8) is 0 Å². The summed E-state index contributed by atoms with van der Waals surface area (Å²) in [7, 11) is 0. The van der Waals surface area contributed by atoms with Gasteiger partial charge >= 0.3 is 11.9 Å². The van der Waals surface area contributed by atoms with Crippen LogP contribution in [-0.4, -0.2) is 36.6 Å². The number of unbranched alkanes of at least 4 members (excludes halogenated alkanes) is 11. The van der Waals surface area contributed by atoms with Crippen LogP contribution < -0.4 is 5.32 Å². The maximum absolute atomic E-state index is 11.5. The average molecular weight is 440 g/mol. The Morgan fingerprint density at radius 1 is 0.806 bits per heavy atom. The summed E-state index contributed by atoms with van der Waals surface area (Å²) in [5.74, 6) is -1.01. The lowest BCUT2D eigenvalue weighted by Crippen LogP contribution is -2.44. The van der Waals surface area contributed by atoms with Crippen LogP contribution in [0.2, 0.25) is 0 Å². The number of allylic oxidation sites excluding steroid dienone is 1. The summed E-state index contributed by atoms with van der Waals surface area (Å²) in [6.07, 6.45) is 18.9. The van der Waals surface area contributed by atoms with Gasteiger partial charge in [-0.15, -0.1) is 0 Å². The average Bonchev–Trinajstić information content (AvgIpc) is 2.69. The van der Waals surface area contributed by atoms with Crippen LogP contribution >= 0.6 is 0 Å². The minimum Gasteiger partial charge on any atom is -0.466 e. The molecule has 0 bridgehead atoms. The first-order chi connectivity index (χ1) is 14.9. The molecule has 0 aliphatic carbocycles. The molecular weight excluding hydrogens is 394 g/mol. The summed E-state index contributed by atoms with van der Waals surface area (Å²) >= 11 is 0. The fraction of sp³-hybridized carbons (Fsp3) is 0.800. The van der Waals surface area contributed by atoms with Crippen LogP contribution in [0.5, 0.6) is 0 Å². The topological polar surface area (TPSA) is 81.7 Å². The molecule has 180 valence electrons. The van der Waals surface area contributed by atoms with E-state index in [2.05, 4.69) is 12.2 Å². The number of esters is 2. The monoisotopic (exact) mass is 439 g/mol. The standard InChI is InChI=1S/C25H45NO5/c1-5-6-7-8-9-10-11-12-13-14-15-16-17-18-25(31-23(4)29)24(26-21(2)27)19-20-30-22(3)28/h17-18,24-25H,5-16,19-20H2,1-4H3,(H,26,27)/b18-17+/t24-,25+/m0/s1. The van der Waals surface area contributed by atoms with Crippen molar-refractivity contribution in [1.29, 1.82) is 0 Å². The second-order valence-electron chi connectivity index (χ2n) is 8.26. The lowest BCUT2D eigenvalue weighted by atomic mass is 10.0. The predicted molar refractivity (Wildman–Crippen MR) is 125 cm³/mol. The summed E-state index contributed by atoms with van der Waals surface area (Å²) in [5.41, 5.74) is 0. The minimum absolute atomic E-state index is 0.157. The fourth-order valence-electron chi connectivity index (χ4n) is 3.51. The van der Waals surface area contributed by atoms with E-state index in [-0.39, 0.29) is 18.5 Å². The second-order valence-corrected chi connectivity index (χ2v) is 8.26. The zero-order valence-electron chi connectivity index (χ0n) is 20.3. The summed E-state index contributed by atoms with van der Waals surface area (Å²) in [6.45, 7) is 6.51. The van der Waals surface area contributed by atoms with Gasteiger partial charge in [0.15, 0.2) is 0 Å². The molecule has 6 nitrogen and oxygen atoms in total. The Labute approximate surface area is 189 Å². The number of hydrogen-bond acceptors (Lipinski definition) is 5. The molecule has 0 aromatic heterocycles. The van der Waals surface area contributed by atoms with E-state index in [0.29, 0.717) is 6.42 Å². The van der Waals surface area contributed by atoms with Crippen molar-refractivity contribution in [1.82, 2.24) is 5.32 Å². The molecule has 2 atom stereocenters. The molecule has 0 saturated carbocycles. The van der Waals surface area contributed by atoms with E-state index < -0.39 is 18.1 Å². The maximum Gasteiger partial charge on any atom is 0.303 e. The van der Waals surface area contributed by atoms with Crippen molar-refractivity contribution in [2.75, 3.05) is 6.61 Å². The van der Waals surface area contributed by atoms with Gasteiger partial charge in [0.1, 0.15) is 6.10 Å². The molecule has 0 rings (SSSR count). The molecule has 0 heterocycles. The molecule has 0 aromatic rings. The van der Waals surface area contributed by atoms with Gasteiger partial charge in [-0.1, -0.05) is 77.2 Å². The molecule has 0 unspecified atom stereocenters. The summed E-state index contributed by atoms with van der Waals surface area (Å²) in [4.78, 5) is 34.0. The maximum atomic E-state index is 11.5. The van der Waals surface area contributed by atoms with Crippen LogP contribution in [0.4, 0.5) is 0 Å². The number of ether oxygens (including phenoxy) is 2. The quantitative estimate of drug-likeness (QED) is 0.160. The van der Waals surface area contributed by atoms with Gasteiger partial charge in [0.05, 0.1) is 12.6 Å². The molecule has 31 heavy (non-hydrogen) atoms. The van der Waals surface area contributed by atoms with Gasteiger partial charge in [0.25, 0.3) is 0 Å². The van der Waals surface area contributed by atoms with Gasteiger partial charge in [0.2, 0.25) is 5.91 Å². The smallest absolute Gasteiger partial charge is 0.303 e. The number of carbonyl (C=O) groups excluding carboxylic acids is 3. The number of rotatable bonds is 19. The number of nitrogens with one attached hydrogen (secondary N) is 1. The SMILES string of the molecule is CCCCCCCCCCCCC/C=C/[C@@H](OC(C)=O)[C@H](CCOC(C)=O)NC(C)=O. The van der Waals surface area contributed by atoms with Gasteiger partial charge in [0, 0.05) is 27.2 Å².